The first kappa shape index (κ1) is 14.0. The summed E-state index contributed by atoms with van der Waals surface area (Å²) in [6.07, 6.45) is 5.11. The smallest absolute Gasteiger partial charge is 0.0926 e. The van der Waals surface area contributed by atoms with Gasteiger partial charge in [-0.05, 0) is 32.4 Å². The monoisotopic (exact) mass is 267 g/mol. The predicted octanol–water partition coefficient (Wildman–Crippen LogP) is 2.67. The van der Waals surface area contributed by atoms with Crippen molar-refractivity contribution in [2.24, 2.45) is 0 Å². The number of piperidine rings is 1. The van der Waals surface area contributed by atoms with E-state index < -0.39 is 0 Å². The molecule has 18 heavy (non-hydrogen) atoms. The molecule has 0 aliphatic carbocycles. The normalized spacial score (nSPS) is 20.5. The highest BCUT2D eigenvalue weighted by Crippen LogP contribution is 2.14. The molecule has 102 valence electrons. The number of likely N-dealkylation sites (N-methyl/N-ethyl adjacent to an activating group) is 1. The summed E-state index contributed by atoms with van der Waals surface area (Å²) < 4.78 is 0. The average Bonchev–Trinajstić information content (AvgIpc) is 2.87. The van der Waals surface area contributed by atoms with Crippen LogP contribution in [-0.2, 0) is 13.0 Å². The van der Waals surface area contributed by atoms with Crippen molar-refractivity contribution >= 4 is 11.3 Å². The van der Waals surface area contributed by atoms with Gasteiger partial charge in [-0.2, -0.15) is 0 Å². The van der Waals surface area contributed by atoms with E-state index in [2.05, 4.69) is 34.4 Å². The van der Waals surface area contributed by atoms with Crippen molar-refractivity contribution in [1.82, 2.24) is 15.2 Å². The molecule has 2 heterocycles. The summed E-state index contributed by atoms with van der Waals surface area (Å²) in [5.74, 6) is 0. The third-order valence-corrected chi connectivity index (χ3v) is 4.67. The summed E-state index contributed by atoms with van der Waals surface area (Å²) >= 11 is 1.79. The molecule has 1 aliphatic rings. The molecule has 2 rings (SSSR count). The van der Waals surface area contributed by atoms with E-state index in [4.69, 9.17) is 0 Å². The van der Waals surface area contributed by atoms with Gasteiger partial charge in [0.2, 0.25) is 0 Å². The zero-order valence-electron chi connectivity index (χ0n) is 11.6. The maximum absolute atomic E-state index is 4.67. The summed E-state index contributed by atoms with van der Waals surface area (Å²) in [7, 11) is 0. The second-order valence-corrected chi connectivity index (χ2v) is 6.00. The van der Waals surface area contributed by atoms with Crippen LogP contribution in [0.5, 0.6) is 0 Å². The highest BCUT2D eigenvalue weighted by atomic mass is 32.1. The van der Waals surface area contributed by atoms with Crippen LogP contribution in [-0.4, -0.2) is 35.6 Å². The minimum Gasteiger partial charge on any atom is -0.313 e. The van der Waals surface area contributed by atoms with E-state index in [1.165, 1.54) is 36.5 Å². The molecule has 0 radical (unpaired) electrons. The minimum atomic E-state index is 0.683. The Morgan fingerprint density at radius 3 is 2.94 bits per heavy atom. The van der Waals surface area contributed by atoms with E-state index in [1.807, 2.05) is 0 Å². The first-order valence-electron chi connectivity index (χ1n) is 7.20. The fourth-order valence-corrected chi connectivity index (χ4v) is 3.25. The summed E-state index contributed by atoms with van der Waals surface area (Å²) in [4.78, 5) is 7.18. The zero-order valence-corrected chi connectivity index (χ0v) is 12.4. The van der Waals surface area contributed by atoms with Crippen molar-refractivity contribution in [1.29, 1.82) is 0 Å². The van der Waals surface area contributed by atoms with Gasteiger partial charge in [-0.1, -0.05) is 20.3 Å². The summed E-state index contributed by atoms with van der Waals surface area (Å²) in [6, 6.07) is 0.683. The van der Waals surface area contributed by atoms with Crippen LogP contribution in [0.15, 0.2) is 5.38 Å². The molecule has 3 nitrogen and oxygen atoms in total. The third kappa shape index (κ3) is 4.04. The first-order valence-corrected chi connectivity index (χ1v) is 8.08. The van der Waals surface area contributed by atoms with Crippen molar-refractivity contribution < 1.29 is 0 Å². The molecule has 1 unspecified atom stereocenters. The first-order chi connectivity index (χ1) is 8.81. The number of thiazole rings is 1. The molecule has 0 amide bonds. The van der Waals surface area contributed by atoms with Crippen LogP contribution >= 0.6 is 11.3 Å². The lowest BCUT2D eigenvalue weighted by Gasteiger charge is -2.29. The molecule has 4 heteroatoms. The van der Waals surface area contributed by atoms with Crippen LogP contribution < -0.4 is 5.32 Å². The van der Waals surface area contributed by atoms with Gasteiger partial charge in [-0.3, -0.25) is 4.90 Å². The van der Waals surface area contributed by atoms with Gasteiger partial charge in [0.05, 0.1) is 10.7 Å². The van der Waals surface area contributed by atoms with Crippen molar-refractivity contribution in [3.8, 4) is 0 Å². The van der Waals surface area contributed by atoms with Gasteiger partial charge in [0.25, 0.3) is 0 Å². The van der Waals surface area contributed by atoms with E-state index in [1.54, 1.807) is 11.3 Å². The molecule has 1 aliphatic heterocycles. The fraction of sp³-hybridized carbons (Fsp3) is 0.786. The van der Waals surface area contributed by atoms with Crippen LogP contribution in [0.2, 0.25) is 0 Å². The van der Waals surface area contributed by atoms with Crippen molar-refractivity contribution in [3.63, 3.8) is 0 Å². The van der Waals surface area contributed by atoms with Crippen LogP contribution in [0, 0.1) is 0 Å². The van der Waals surface area contributed by atoms with Gasteiger partial charge in [0.15, 0.2) is 0 Å². The number of hydrogen-bond donors (Lipinski definition) is 1. The Balaban J connectivity index is 1.84. The Labute approximate surface area is 115 Å². The second-order valence-electron chi connectivity index (χ2n) is 5.06. The molecule has 1 atom stereocenters. The second kappa shape index (κ2) is 7.22. The van der Waals surface area contributed by atoms with Crippen LogP contribution in [0.3, 0.4) is 0 Å². The number of nitrogens with zero attached hydrogens (tertiary/aromatic N) is 2. The Kier molecular flexibility index (Phi) is 5.60. The van der Waals surface area contributed by atoms with Crippen LogP contribution in [0.25, 0.3) is 0 Å². The van der Waals surface area contributed by atoms with Gasteiger partial charge in [-0.25, -0.2) is 4.98 Å². The topological polar surface area (TPSA) is 28.2 Å². The molecular weight excluding hydrogens is 242 g/mol. The maximum atomic E-state index is 4.67. The predicted molar refractivity (Wildman–Crippen MR) is 78.1 cm³/mol. The van der Waals surface area contributed by atoms with Gasteiger partial charge < -0.3 is 5.32 Å². The van der Waals surface area contributed by atoms with E-state index >= 15 is 0 Å². The van der Waals surface area contributed by atoms with Crippen LogP contribution in [0.4, 0.5) is 0 Å². The molecule has 1 N–H and O–H groups in total. The molecule has 0 saturated carbocycles. The molecule has 1 aromatic heterocycles. The van der Waals surface area contributed by atoms with Crippen molar-refractivity contribution in [2.75, 3.05) is 19.6 Å². The highest BCUT2D eigenvalue weighted by Gasteiger charge is 2.16. The number of aromatic nitrogens is 1. The van der Waals surface area contributed by atoms with Crippen molar-refractivity contribution in [3.05, 3.63) is 16.1 Å². The van der Waals surface area contributed by atoms with E-state index in [-0.39, 0.29) is 0 Å². The molecular formula is C14H25N3S. The molecule has 0 spiro atoms. The van der Waals surface area contributed by atoms with Crippen molar-refractivity contribution in [2.45, 2.75) is 52.1 Å². The van der Waals surface area contributed by atoms with E-state index in [0.717, 1.165) is 26.1 Å². The van der Waals surface area contributed by atoms with E-state index in [0.29, 0.717) is 6.04 Å². The van der Waals surface area contributed by atoms with Crippen LogP contribution in [0.1, 0.15) is 43.8 Å². The Morgan fingerprint density at radius 2 is 2.33 bits per heavy atom. The highest BCUT2D eigenvalue weighted by molar-refractivity contribution is 7.09. The number of nitrogens with one attached hydrogen (secondary N) is 1. The zero-order chi connectivity index (χ0) is 12.8. The Morgan fingerprint density at radius 1 is 1.44 bits per heavy atom. The van der Waals surface area contributed by atoms with Gasteiger partial charge >= 0.3 is 0 Å². The molecule has 1 fully saturated rings. The lowest BCUT2D eigenvalue weighted by molar-refractivity contribution is 0.224. The summed E-state index contributed by atoms with van der Waals surface area (Å²) in [6.45, 7) is 8.89. The Hall–Kier alpha value is -0.450. The summed E-state index contributed by atoms with van der Waals surface area (Å²) in [5.41, 5.74) is 1.24. The quantitative estimate of drug-likeness (QED) is 0.859. The summed E-state index contributed by atoms with van der Waals surface area (Å²) in [5, 5.41) is 7.11. The number of rotatable bonds is 6. The molecule has 0 aromatic carbocycles. The van der Waals surface area contributed by atoms with Gasteiger partial charge in [0.1, 0.15) is 0 Å². The number of hydrogen-bond acceptors (Lipinski definition) is 4. The molecule has 0 bridgehead atoms. The number of aryl methyl sites for hydroxylation is 1. The largest absolute Gasteiger partial charge is 0.313 e. The average molecular weight is 267 g/mol. The van der Waals surface area contributed by atoms with Gasteiger partial charge in [0, 0.05) is 24.5 Å². The fourth-order valence-electron chi connectivity index (χ4n) is 2.51. The lowest BCUT2D eigenvalue weighted by Crippen LogP contribution is -2.43. The molecule has 1 saturated heterocycles. The van der Waals surface area contributed by atoms with E-state index in [9.17, 15) is 0 Å². The lowest BCUT2D eigenvalue weighted by atomic mass is 10.0. The van der Waals surface area contributed by atoms with Gasteiger partial charge in [-0.15, -0.1) is 11.3 Å². The SMILES string of the molecule is CCc1nc(CN(CC)CC2CCCCN2)cs1. The minimum absolute atomic E-state index is 0.683. The molecule has 1 aromatic rings. The Bertz CT molecular complexity index is 345. The third-order valence-electron chi connectivity index (χ3n) is 3.63. The standard InChI is InChI=1S/C14H25N3S/c1-3-14-16-13(11-18-14)10-17(4-2)9-12-7-5-6-8-15-12/h11-12,15H,3-10H2,1-2H3. The maximum Gasteiger partial charge on any atom is 0.0926 e.